The van der Waals surface area contributed by atoms with E-state index in [1.54, 1.807) is 13.3 Å². The number of benzene rings is 1. The summed E-state index contributed by atoms with van der Waals surface area (Å²) >= 11 is 18.6. The number of hydrogen-bond donors (Lipinski definition) is 0. The Hall–Kier alpha value is -1.42. The summed E-state index contributed by atoms with van der Waals surface area (Å²) in [7, 11) is 1.62. The molecule has 0 amide bonds. The third kappa shape index (κ3) is 3.34. The molecule has 1 aliphatic carbocycles. The highest BCUT2D eigenvalue weighted by Gasteiger charge is 2.22. The first kappa shape index (κ1) is 17.4. The van der Waals surface area contributed by atoms with Crippen LogP contribution < -0.4 is 9.47 Å². The van der Waals surface area contributed by atoms with Gasteiger partial charge in [-0.1, -0.05) is 29.3 Å². The van der Waals surface area contributed by atoms with Gasteiger partial charge in [-0.3, -0.25) is 4.98 Å². The molecule has 0 atom stereocenters. The molecular weight excluding hydrogens is 369 g/mol. The molecule has 0 saturated heterocycles. The number of fused-ring (bicyclic) bond motifs is 1. The molecular formula is C18H16Cl3NO2. The van der Waals surface area contributed by atoms with E-state index in [1.165, 1.54) is 0 Å². The van der Waals surface area contributed by atoms with Gasteiger partial charge < -0.3 is 9.47 Å². The number of rotatable bonds is 5. The fourth-order valence-electron chi connectivity index (χ4n) is 2.77. The van der Waals surface area contributed by atoms with Gasteiger partial charge in [0.25, 0.3) is 0 Å². The molecule has 24 heavy (non-hydrogen) atoms. The Bertz CT molecular complexity index is 773. The van der Waals surface area contributed by atoms with Crippen molar-refractivity contribution in [3.8, 4) is 11.5 Å². The van der Waals surface area contributed by atoms with E-state index in [0.29, 0.717) is 28.3 Å². The van der Waals surface area contributed by atoms with Crippen molar-refractivity contribution in [3.05, 3.63) is 57.3 Å². The van der Waals surface area contributed by atoms with E-state index in [2.05, 4.69) is 11.1 Å². The molecule has 3 rings (SSSR count). The number of alkyl halides is 1. The monoisotopic (exact) mass is 383 g/mol. The molecule has 0 bridgehead atoms. The molecule has 1 heterocycles. The molecule has 0 spiro atoms. The van der Waals surface area contributed by atoms with Crippen LogP contribution in [0, 0.1) is 0 Å². The largest absolute Gasteiger partial charge is 0.495 e. The summed E-state index contributed by atoms with van der Waals surface area (Å²) in [6, 6.07) is 5.71. The summed E-state index contributed by atoms with van der Waals surface area (Å²) in [5.74, 6) is 1.60. The minimum atomic E-state index is 0.364. The predicted octanol–water partition coefficient (Wildman–Crippen LogP) is 5.39. The Morgan fingerprint density at radius 3 is 2.75 bits per heavy atom. The Morgan fingerprint density at radius 2 is 2.08 bits per heavy atom. The number of halogens is 3. The summed E-state index contributed by atoms with van der Waals surface area (Å²) in [6.45, 7) is 0.364. The molecule has 0 unspecified atom stereocenters. The van der Waals surface area contributed by atoms with Crippen LogP contribution in [0.3, 0.4) is 0 Å². The molecule has 1 aromatic heterocycles. The van der Waals surface area contributed by atoms with Crippen molar-refractivity contribution in [3.63, 3.8) is 0 Å². The van der Waals surface area contributed by atoms with Gasteiger partial charge in [-0.15, -0.1) is 11.6 Å². The van der Waals surface area contributed by atoms with Crippen molar-refractivity contribution in [2.75, 3.05) is 19.6 Å². The van der Waals surface area contributed by atoms with Gasteiger partial charge in [0.15, 0.2) is 5.75 Å². The maximum Gasteiger partial charge on any atom is 0.156 e. The number of hydrogen-bond acceptors (Lipinski definition) is 3. The minimum Gasteiger partial charge on any atom is -0.495 e. The molecule has 3 nitrogen and oxygen atoms in total. The van der Waals surface area contributed by atoms with Gasteiger partial charge in [-0.2, -0.15) is 0 Å². The van der Waals surface area contributed by atoms with Crippen LogP contribution in [0.5, 0.6) is 11.5 Å². The van der Waals surface area contributed by atoms with Crippen LogP contribution in [0.15, 0.2) is 30.5 Å². The van der Waals surface area contributed by atoms with Crippen molar-refractivity contribution in [1.82, 2.24) is 4.98 Å². The fraction of sp³-hybridized carbons (Fsp3) is 0.278. The zero-order valence-electron chi connectivity index (χ0n) is 13.1. The highest BCUT2D eigenvalue weighted by atomic mass is 35.5. The number of pyridine rings is 1. The normalized spacial score (nSPS) is 13.2. The highest BCUT2D eigenvalue weighted by Crippen LogP contribution is 2.43. The average molecular weight is 385 g/mol. The lowest BCUT2D eigenvalue weighted by atomic mass is 9.88. The van der Waals surface area contributed by atoms with Crippen molar-refractivity contribution in [2.45, 2.75) is 12.8 Å². The van der Waals surface area contributed by atoms with Gasteiger partial charge in [-0.25, -0.2) is 0 Å². The molecule has 0 saturated carbocycles. The lowest BCUT2D eigenvalue weighted by Crippen LogP contribution is -2.07. The van der Waals surface area contributed by atoms with E-state index in [0.717, 1.165) is 41.0 Å². The van der Waals surface area contributed by atoms with Crippen LogP contribution in [0.2, 0.25) is 10.0 Å². The van der Waals surface area contributed by atoms with Crippen LogP contribution in [0.4, 0.5) is 0 Å². The van der Waals surface area contributed by atoms with Crippen molar-refractivity contribution in [1.29, 1.82) is 0 Å². The standard InChI is InChI=1S/C18H16Cl3NO2/c1-23-11-5-6-16(22-10-11)12-3-2-4-13-14(12)9-15(20)18(17(13)21)24-8-7-19/h3,5-6,9-10H,2,4,7-8H2,1H3. The minimum absolute atomic E-state index is 0.364. The topological polar surface area (TPSA) is 31.4 Å². The SMILES string of the molecule is COc1ccc(C2=CCCc3c2cc(Cl)c(OCCCl)c3Cl)nc1. The number of methoxy groups -OCH3 is 1. The number of allylic oxidation sites excluding steroid dienone is 1. The molecule has 126 valence electrons. The molecule has 6 heteroatoms. The Kier molecular flexibility index (Phi) is 5.54. The lowest BCUT2D eigenvalue weighted by molar-refractivity contribution is 0.343. The smallest absolute Gasteiger partial charge is 0.156 e. The van der Waals surface area contributed by atoms with Gasteiger partial charge in [-0.05, 0) is 42.2 Å². The molecule has 0 fully saturated rings. The van der Waals surface area contributed by atoms with Crippen molar-refractivity contribution in [2.24, 2.45) is 0 Å². The molecule has 0 aliphatic heterocycles. The average Bonchev–Trinajstić information content (AvgIpc) is 2.61. The van der Waals surface area contributed by atoms with Gasteiger partial charge in [0, 0.05) is 5.57 Å². The van der Waals surface area contributed by atoms with E-state index in [-0.39, 0.29) is 0 Å². The van der Waals surface area contributed by atoms with Gasteiger partial charge in [0.05, 0.1) is 34.9 Å². The second-order valence-corrected chi connectivity index (χ2v) is 6.47. The quantitative estimate of drug-likeness (QED) is 0.647. The summed E-state index contributed by atoms with van der Waals surface area (Å²) in [5, 5.41) is 1.03. The summed E-state index contributed by atoms with van der Waals surface area (Å²) < 4.78 is 10.8. The second-order valence-electron chi connectivity index (χ2n) is 5.30. The Morgan fingerprint density at radius 1 is 1.25 bits per heavy atom. The van der Waals surface area contributed by atoms with Gasteiger partial charge in [0.2, 0.25) is 0 Å². The third-order valence-corrected chi connectivity index (χ3v) is 4.72. The summed E-state index contributed by atoms with van der Waals surface area (Å²) in [6.07, 6.45) is 5.57. The zero-order valence-corrected chi connectivity index (χ0v) is 15.4. The van der Waals surface area contributed by atoms with Crippen LogP contribution in [-0.4, -0.2) is 24.6 Å². The maximum absolute atomic E-state index is 6.55. The maximum atomic E-state index is 6.55. The van der Waals surface area contributed by atoms with Gasteiger partial charge >= 0.3 is 0 Å². The number of aromatic nitrogens is 1. The molecule has 1 aromatic carbocycles. The Labute approximate surface area is 156 Å². The predicted molar refractivity (Wildman–Crippen MR) is 98.9 cm³/mol. The summed E-state index contributed by atoms with van der Waals surface area (Å²) in [5.41, 5.74) is 3.90. The van der Waals surface area contributed by atoms with E-state index < -0.39 is 0 Å². The number of nitrogens with zero attached hydrogens (tertiary/aromatic N) is 1. The van der Waals surface area contributed by atoms with E-state index in [1.807, 2.05) is 18.2 Å². The van der Waals surface area contributed by atoms with Crippen LogP contribution in [0.1, 0.15) is 23.2 Å². The zero-order chi connectivity index (χ0) is 17.1. The molecule has 0 N–H and O–H groups in total. The van der Waals surface area contributed by atoms with Crippen molar-refractivity contribution >= 4 is 40.4 Å². The molecule has 2 aromatic rings. The van der Waals surface area contributed by atoms with Crippen LogP contribution in [-0.2, 0) is 6.42 Å². The second kappa shape index (κ2) is 7.64. The van der Waals surface area contributed by atoms with E-state index in [4.69, 9.17) is 44.3 Å². The van der Waals surface area contributed by atoms with Crippen LogP contribution in [0.25, 0.3) is 5.57 Å². The van der Waals surface area contributed by atoms with Crippen molar-refractivity contribution < 1.29 is 9.47 Å². The molecule has 1 aliphatic rings. The molecule has 0 radical (unpaired) electrons. The number of ether oxygens (including phenoxy) is 2. The first-order valence-electron chi connectivity index (χ1n) is 7.56. The van der Waals surface area contributed by atoms with E-state index >= 15 is 0 Å². The Balaban J connectivity index is 2.04. The van der Waals surface area contributed by atoms with E-state index in [9.17, 15) is 0 Å². The fourth-order valence-corrected chi connectivity index (χ4v) is 3.51. The first-order valence-corrected chi connectivity index (χ1v) is 8.85. The summed E-state index contributed by atoms with van der Waals surface area (Å²) in [4.78, 5) is 4.48. The first-order chi connectivity index (χ1) is 11.7. The lowest BCUT2D eigenvalue weighted by Gasteiger charge is -2.22. The highest BCUT2D eigenvalue weighted by molar-refractivity contribution is 6.38. The van der Waals surface area contributed by atoms with Gasteiger partial charge in [0.1, 0.15) is 12.4 Å². The van der Waals surface area contributed by atoms with Crippen LogP contribution >= 0.6 is 34.8 Å². The third-order valence-electron chi connectivity index (χ3n) is 3.88.